The van der Waals surface area contributed by atoms with Crippen molar-refractivity contribution in [2.45, 2.75) is 26.7 Å². The van der Waals surface area contributed by atoms with Crippen LogP contribution in [-0.4, -0.2) is 82.2 Å². The maximum absolute atomic E-state index is 12.3. The molecule has 9 nitrogen and oxygen atoms in total. The normalized spacial score (nSPS) is 17.0. The summed E-state index contributed by atoms with van der Waals surface area (Å²) in [7, 11) is -3.09. The van der Waals surface area contributed by atoms with Crippen LogP contribution in [0.2, 0.25) is 0 Å². The average Bonchev–Trinajstić information content (AvgIpc) is 3.09. The molecule has 0 aromatic carbocycles. The van der Waals surface area contributed by atoms with Crippen LogP contribution >= 0.6 is 0 Å². The van der Waals surface area contributed by atoms with Gasteiger partial charge in [0.25, 0.3) is 5.78 Å². The van der Waals surface area contributed by atoms with Crippen LogP contribution in [0.1, 0.15) is 25.5 Å². The first-order valence-corrected chi connectivity index (χ1v) is 10.7. The predicted molar refractivity (Wildman–Crippen MR) is 101 cm³/mol. The van der Waals surface area contributed by atoms with Crippen molar-refractivity contribution in [1.29, 1.82) is 0 Å². The molecule has 0 saturated carbocycles. The van der Waals surface area contributed by atoms with Gasteiger partial charge in [-0.1, -0.05) is 13.3 Å². The van der Waals surface area contributed by atoms with Gasteiger partial charge in [-0.2, -0.15) is 18.9 Å². The molecule has 0 spiro atoms. The largest absolute Gasteiger partial charge is 0.369 e. The predicted octanol–water partition coefficient (Wildman–Crippen LogP) is 0.592. The van der Waals surface area contributed by atoms with Gasteiger partial charge in [0.15, 0.2) is 0 Å². The Bertz CT molecular complexity index is 828. The van der Waals surface area contributed by atoms with E-state index in [4.69, 9.17) is 0 Å². The topological polar surface area (TPSA) is 95.7 Å². The Morgan fingerprint density at radius 2 is 2.00 bits per heavy atom. The molecule has 2 aromatic rings. The van der Waals surface area contributed by atoms with Gasteiger partial charge in [-0.25, -0.2) is 13.4 Å². The van der Waals surface area contributed by atoms with Crippen LogP contribution < -0.4 is 5.32 Å². The highest BCUT2D eigenvalue weighted by atomic mass is 32.2. The molecule has 0 bridgehead atoms. The number of aromatic nitrogens is 4. The maximum Gasteiger partial charge on any atom is 0.254 e. The summed E-state index contributed by atoms with van der Waals surface area (Å²) in [5.41, 5.74) is 0.888. The third-order valence-corrected chi connectivity index (χ3v) is 6.55. The molecular formula is C16H27N7O2S. The van der Waals surface area contributed by atoms with E-state index in [-0.39, 0.29) is 5.75 Å². The van der Waals surface area contributed by atoms with Crippen LogP contribution in [0, 0.1) is 6.92 Å². The second kappa shape index (κ2) is 8.28. The molecule has 0 radical (unpaired) electrons. The second-order valence-electron chi connectivity index (χ2n) is 6.59. The highest BCUT2D eigenvalue weighted by molar-refractivity contribution is 7.89. The number of nitrogens with one attached hydrogen (secondary N) is 1. The highest BCUT2D eigenvalue weighted by Gasteiger charge is 2.26. The summed E-state index contributed by atoms with van der Waals surface area (Å²) < 4.78 is 27.8. The number of aryl methyl sites for hydroxylation is 1. The lowest BCUT2D eigenvalue weighted by molar-refractivity contribution is 0.194. The van der Waals surface area contributed by atoms with E-state index >= 15 is 0 Å². The number of fused-ring (bicyclic) bond motifs is 1. The van der Waals surface area contributed by atoms with Gasteiger partial charge in [0.2, 0.25) is 10.0 Å². The van der Waals surface area contributed by atoms with E-state index in [2.05, 4.69) is 25.3 Å². The molecule has 1 N–H and O–H groups in total. The maximum atomic E-state index is 12.3. The zero-order chi connectivity index (χ0) is 18.6. The summed E-state index contributed by atoms with van der Waals surface area (Å²) in [5, 5.41) is 7.56. The number of unbranched alkanes of at least 4 members (excludes halogenated alkanes) is 1. The number of hydrogen-bond acceptors (Lipinski definition) is 7. The fourth-order valence-corrected chi connectivity index (χ4v) is 4.72. The van der Waals surface area contributed by atoms with Gasteiger partial charge in [-0.3, -0.25) is 4.90 Å². The first kappa shape index (κ1) is 19.0. The molecule has 2 aromatic heterocycles. The van der Waals surface area contributed by atoms with Gasteiger partial charge in [0.1, 0.15) is 12.1 Å². The molecule has 0 aliphatic carbocycles. The molecule has 0 atom stereocenters. The van der Waals surface area contributed by atoms with Gasteiger partial charge in [0.05, 0.1) is 5.75 Å². The van der Waals surface area contributed by atoms with E-state index in [0.29, 0.717) is 18.9 Å². The molecule has 10 heteroatoms. The summed E-state index contributed by atoms with van der Waals surface area (Å²) in [4.78, 5) is 10.7. The molecule has 3 heterocycles. The van der Waals surface area contributed by atoms with Crippen LogP contribution in [0.5, 0.6) is 0 Å². The molecule has 3 rings (SSSR count). The molecule has 26 heavy (non-hydrogen) atoms. The fourth-order valence-electron chi connectivity index (χ4n) is 3.09. The molecule has 1 aliphatic heterocycles. The number of rotatable bonds is 8. The Morgan fingerprint density at radius 1 is 1.23 bits per heavy atom. The summed E-state index contributed by atoms with van der Waals surface area (Å²) in [6.07, 6.45) is 3.12. The van der Waals surface area contributed by atoms with Crippen LogP contribution in [-0.2, 0) is 10.0 Å². The van der Waals surface area contributed by atoms with Crippen molar-refractivity contribution < 1.29 is 8.42 Å². The van der Waals surface area contributed by atoms with Gasteiger partial charge in [-0.05, 0) is 13.3 Å². The standard InChI is InChI=1S/C16H27N7O2S/c1-3-4-11-26(24,25)22-9-7-21(8-10-22)6-5-17-15-12-14(2)20-16-18-13-19-23(15)16/h12-13,17H,3-11H2,1-2H3. The smallest absolute Gasteiger partial charge is 0.254 e. The van der Waals surface area contributed by atoms with E-state index in [1.54, 1.807) is 8.82 Å². The summed E-state index contributed by atoms with van der Waals surface area (Å²) >= 11 is 0. The van der Waals surface area contributed by atoms with Gasteiger partial charge in [0, 0.05) is 51.0 Å². The molecule has 1 saturated heterocycles. The third kappa shape index (κ3) is 4.49. The zero-order valence-electron chi connectivity index (χ0n) is 15.4. The first-order chi connectivity index (χ1) is 12.5. The van der Waals surface area contributed by atoms with Crippen LogP contribution in [0.3, 0.4) is 0 Å². The minimum atomic E-state index is -3.09. The zero-order valence-corrected chi connectivity index (χ0v) is 16.2. The first-order valence-electron chi connectivity index (χ1n) is 9.11. The quantitative estimate of drug-likeness (QED) is 0.715. The van der Waals surface area contributed by atoms with Crippen LogP contribution in [0.25, 0.3) is 5.78 Å². The van der Waals surface area contributed by atoms with Crippen molar-refractivity contribution in [2.24, 2.45) is 0 Å². The Balaban J connectivity index is 1.47. The third-order valence-electron chi connectivity index (χ3n) is 4.59. The Hall–Kier alpha value is -1.78. The van der Waals surface area contributed by atoms with E-state index in [1.807, 2.05) is 19.9 Å². The second-order valence-corrected chi connectivity index (χ2v) is 8.68. The van der Waals surface area contributed by atoms with Gasteiger partial charge < -0.3 is 5.32 Å². The molecule has 1 fully saturated rings. The summed E-state index contributed by atoms with van der Waals surface area (Å²) in [5.74, 6) is 1.71. The molecule has 144 valence electrons. The average molecular weight is 382 g/mol. The highest BCUT2D eigenvalue weighted by Crippen LogP contribution is 2.11. The number of piperazine rings is 1. The van der Waals surface area contributed by atoms with Crippen LogP contribution in [0.4, 0.5) is 5.82 Å². The number of sulfonamides is 1. The molecular weight excluding hydrogens is 354 g/mol. The van der Waals surface area contributed by atoms with E-state index < -0.39 is 10.0 Å². The minimum Gasteiger partial charge on any atom is -0.369 e. The Labute approximate surface area is 154 Å². The van der Waals surface area contributed by atoms with E-state index in [0.717, 1.165) is 50.5 Å². The lowest BCUT2D eigenvalue weighted by atomic mass is 10.3. The number of hydrogen-bond donors (Lipinski definition) is 1. The number of anilines is 1. The summed E-state index contributed by atoms with van der Waals surface area (Å²) in [6.45, 7) is 8.22. The van der Waals surface area contributed by atoms with Crippen molar-refractivity contribution >= 4 is 21.6 Å². The lowest BCUT2D eigenvalue weighted by Gasteiger charge is -2.34. The molecule has 1 aliphatic rings. The van der Waals surface area contributed by atoms with Crippen molar-refractivity contribution in [3.8, 4) is 0 Å². The van der Waals surface area contributed by atoms with Crippen molar-refractivity contribution in [3.05, 3.63) is 18.1 Å². The van der Waals surface area contributed by atoms with Crippen molar-refractivity contribution in [3.63, 3.8) is 0 Å². The molecule has 0 unspecified atom stereocenters. The Morgan fingerprint density at radius 3 is 2.73 bits per heavy atom. The van der Waals surface area contributed by atoms with Crippen molar-refractivity contribution in [2.75, 3.05) is 50.3 Å². The molecule has 0 amide bonds. The lowest BCUT2D eigenvalue weighted by Crippen LogP contribution is -2.50. The Kier molecular flexibility index (Phi) is 6.05. The van der Waals surface area contributed by atoms with Gasteiger partial charge in [-0.15, -0.1) is 0 Å². The minimum absolute atomic E-state index is 0.264. The van der Waals surface area contributed by atoms with Crippen molar-refractivity contribution in [1.82, 2.24) is 28.8 Å². The number of nitrogens with zero attached hydrogens (tertiary/aromatic N) is 6. The van der Waals surface area contributed by atoms with E-state index in [1.165, 1.54) is 6.33 Å². The van der Waals surface area contributed by atoms with Crippen LogP contribution in [0.15, 0.2) is 12.4 Å². The van der Waals surface area contributed by atoms with E-state index in [9.17, 15) is 8.42 Å². The van der Waals surface area contributed by atoms with Gasteiger partial charge >= 0.3 is 0 Å². The monoisotopic (exact) mass is 381 g/mol. The summed E-state index contributed by atoms with van der Waals surface area (Å²) in [6, 6.07) is 1.94. The SMILES string of the molecule is CCCCS(=O)(=O)N1CCN(CCNc2cc(C)nc3ncnn23)CC1. The fraction of sp³-hybridized carbons (Fsp3) is 0.688.